The monoisotopic (exact) mass is 418 g/mol. The molecule has 1 aliphatic rings. The Labute approximate surface area is 171 Å². The molecule has 1 aromatic heterocycles. The Morgan fingerprint density at radius 3 is 1.97 bits per heavy atom. The molecule has 1 fully saturated rings. The normalized spacial score (nSPS) is 15.6. The van der Waals surface area contributed by atoms with Crippen molar-refractivity contribution in [2.45, 2.75) is 39.5 Å². The first-order valence-electron chi connectivity index (χ1n) is 9.47. The fourth-order valence-electron chi connectivity index (χ4n) is 3.82. The minimum Gasteiger partial charge on any atom is -0.354 e. The van der Waals surface area contributed by atoms with Gasteiger partial charge < -0.3 is 4.90 Å². The lowest BCUT2D eigenvalue weighted by Crippen LogP contribution is -2.49. The summed E-state index contributed by atoms with van der Waals surface area (Å²) in [6.07, 6.45) is 1.24. The lowest BCUT2D eigenvalue weighted by molar-refractivity contribution is -0.385. The van der Waals surface area contributed by atoms with Gasteiger partial charge in [-0.2, -0.15) is 4.31 Å². The highest BCUT2D eigenvalue weighted by molar-refractivity contribution is 7.89. The maximum atomic E-state index is 13.4. The molecule has 1 aliphatic heterocycles. The van der Waals surface area contributed by atoms with E-state index in [9.17, 15) is 18.5 Å². The third-order valence-electron chi connectivity index (χ3n) is 5.68. The number of sulfonamides is 1. The fraction of sp³-hybridized carbons (Fsp3) is 0.450. The van der Waals surface area contributed by atoms with Gasteiger partial charge in [-0.3, -0.25) is 10.1 Å². The van der Waals surface area contributed by atoms with E-state index in [1.54, 1.807) is 6.92 Å². The van der Waals surface area contributed by atoms with Gasteiger partial charge >= 0.3 is 0 Å². The molecule has 0 N–H and O–H groups in total. The van der Waals surface area contributed by atoms with Gasteiger partial charge in [0.2, 0.25) is 10.0 Å². The van der Waals surface area contributed by atoms with E-state index in [2.05, 4.69) is 4.98 Å². The molecule has 1 saturated heterocycles. The lowest BCUT2D eigenvalue weighted by Gasteiger charge is -2.36. The summed E-state index contributed by atoms with van der Waals surface area (Å²) < 4.78 is 28.3. The van der Waals surface area contributed by atoms with Crippen LogP contribution in [0.2, 0.25) is 0 Å². The van der Waals surface area contributed by atoms with Crippen LogP contribution in [0.3, 0.4) is 0 Å². The van der Waals surface area contributed by atoms with Crippen molar-refractivity contribution in [3.05, 3.63) is 56.3 Å². The number of piperazine rings is 1. The molecule has 8 nitrogen and oxygen atoms in total. The van der Waals surface area contributed by atoms with Crippen molar-refractivity contribution >= 4 is 21.5 Å². The van der Waals surface area contributed by atoms with Crippen molar-refractivity contribution < 1.29 is 13.3 Å². The minimum absolute atomic E-state index is 0.0479. The van der Waals surface area contributed by atoms with Gasteiger partial charge in [-0.25, -0.2) is 13.4 Å². The first-order valence-corrected chi connectivity index (χ1v) is 10.9. The van der Waals surface area contributed by atoms with Crippen molar-refractivity contribution in [2.24, 2.45) is 0 Å². The molecule has 3 rings (SSSR count). The summed E-state index contributed by atoms with van der Waals surface area (Å²) in [4.78, 5) is 17.1. The number of nitrogens with zero attached hydrogens (tertiary/aromatic N) is 4. The summed E-state index contributed by atoms with van der Waals surface area (Å²) in [5, 5.41) is 10.9. The summed E-state index contributed by atoms with van der Waals surface area (Å²) in [7, 11) is -3.61. The molecule has 0 amide bonds. The van der Waals surface area contributed by atoms with Crippen molar-refractivity contribution in [3.8, 4) is 0 Å². The second-order valence-electron chi connectivity index (χ2n) is 7.57. The number of anilines is 1. The van der Waals surface area contributed by atoms with Crippen molar-refractivity contribution in [1.29, 1.82) is 0 Å². The maximum absolute atomic E-state index is 13.4. The third-order valence-corrected chi connectivity index (χ3v) is 7.85. The van der Waals surface area contributed by atoms with Gasteiger partial charge in [-0.15, -0.1) is 0 Å². The van der Waals surface area contributed by atoms with Crippen LogP contribution in [0.5, 0.6) is 0 Å². The van der Waals surface area contributed by atoms with E-state index in [1.807, 2.05) is 38.7 Å². The minimum atomic E-state index is -3.61. The first kappa shape index (κ1) is 21.2. The van der Waals surface area contributed by atoms with Crippen LogP contribution in [0.1, 0.15) is 27.8 Å². The summed E-state index contributed by atoms with van der Waals surface area (Å²) in [5.41, 5.74) is 4.18. The van der Waals surface area contributed by atoms with Crippen LogP contribution in [0.4, 0.5) is 11.5 Å². The Hall–Kier alpha value is -2.52. The fourth-order valence-corrected chi connectivity index (χ4v) is 5.82. The summed E-state index contributed by atoms with van der Waals surface area (Å²) in [6.45, 7) is 11.0. The summed E-state index contributed by atoms with van der Waals surface area (Å²) in [6, 6.07) is 3.51. The Balaban J connectivity index is 1.84. The number of benzene rings is 1. The molecular formula is C20H26N4O4S. The topological polar surface area (TPSA) is 96.7 Å². The number of hydrogen-bond donors (Lipinski definition) is 0. The Morgan fingerprint density at radius 2 is 1.48 bits per heavy atom. The third kappa shape index (κ3) is 3.84. The van der Waals surface area contributed by atoms with Crippen LogP contribution in [0, 0.1) is 44.7 Å². The van der Waals surface area contributed by atoms with E-state index in [0.29, 0.717) is 42.5 Å². The molecule has 1 aromatic carbocycles. The molecule has 2 heterocycles. The van der Waals surface area contributed by atoms with Gasteiger partial charge in [0.1, 0.15) is 12.0 Å². The van der Waals surface area contributed by atoms with Crippen LogP contribution in [0.15, 0.2) is 23.2 Å². The first-order chi connectivity index (χ1) is 13.5. The zero-order chi connectivity index (χ0) is 21.5. The van der Waals surface area contributed by atoms with E-state index in [0.717, 1.165) is 22.3 Å². The Morgan fingerprint density at radius 1 is 0.931 bits per heavy atom. The molecule has 0 atom stereocenters. The Kier molecular flexibility index (Phi) is 5.64. The Bertz CT molecular complexity index is 1050. The highest BCUT2D eigenvalue weighted by Crippen LogP contribution is 2.30. The second kappa shape index (κ2) is 7.72. The van der Waals surface area contributed by atoms with Crippen molar-refractivity contribution in [2.75, 3.05) is 31.1 Å². The molecule has 2 aromatic rings. The van der Waals surface area contributed by atoms with Gasteiger partial charge in [0.25, 0.3) is 5.69 Å². The maximum Gasteiger partial charge on any atom is 0.287 e. The van der Waals surface area contributed by atoms with Gasteiger partial charge in [-0.05, 0) is 62.4 Å². The molecule has 0 aliphatic carbocycles. The molecule has 0 bridgehead atoms. The average Bonchev–Trinajstić information content (AvgIpc) is 2.66. The molecule has 156 valence electrons. The zero-order valence-corrected chi connectivity index (χ0v) is 18.2. The molecule has 0 radical (unpaired) electrons. The van der Waals surface area contributed by atoms with Crippen molar-refractivity contribution in [1.82, 2.24) is 9.29 Å². The van der Waals surface area contributed by atoms with E-state index in [4.69, 9.17) is 0 Å². The number of hydrogen-bond acceptors (Lipinski definition) is 6. The quantitative estimate of drug-likeness (QED) is 0.559. The molecule has 0 saturated carbocycles. The van der Waals surface area contributed by atoms with E-state index < -0.39 is 14.9 Å². The van der Waals surface area contributed by atoms with Crippen molar-refractivity contribution in [3.63, 3.8) is 0 Å². The highest BCUT2D eigenvalue weighted by Gasteiger charge is 2.32. The van der Waals surface area contributed by atoms with E-state index in [-0.39, 0.29) is 5.69 Å². The number of pyridine rings is 1. The molecule has 29 heavy (non-hydrogen) atoms. The van der Waals surface area contributed by atoms with Gasteiger partial charge in [0.05, 0.1) is 9.82 Å². The number of nitro groups is 1. The van der Waals surface area contributed by atoms with Crippen LogP contribution in [0.25, 0.3) is 0 Å². The van der Waals surface area contributed by atoms with Crippen LogP contribution in [-0.2, 0) is 10.0 Å². The second-order valence-corrected chi connectivity index (χ2v) is 9.45. The predicted molar refractivity (Wildman–Crippen MR) is 112 cm³/mol. The number of aromatic nitrogens is 1. The van der Waals surface area contributed by atoms with Gasteiger partial charge in [-0.1, -0.05) is 6.07 Å². The number of aryl methyl sites for hydroxylation is 3. The average molecular weight is 419 g/mol. The summed E-state index contributed by atoms with van der Waals surface area (Å²) in [5.74, 6) is 0.659. The lowest BCUT2D eigenvalue weighted by atomic mass is 10.0. The van der Waals surface area contributed by atoms with Crippen LogP contribution >= 0.6 is 0 Å². The summed E-state index contributed by atoms with van der Waals surface area (Å²) >= 11 is 0. The molecule has 0 unspecified atom stereocenters. The van der Waals surface area contributed by atoms with Gasteiger partial charge in [0, 0.05) is 32.2 Å². The largest absolute Gasteiger partial charge is 0.354 e. The molecular weight excluding hydrogens is 392 g/mol. The van der Waals surface area contributed by atoms with Crippen LogP contribution < -0.4 is 4.90 Å². The highest BCUT2D eigenvalue weighted by atomic mass is 32.2. The molecule has 9 heteroatoms. The van der Waals surface area contributed by atoms with E-state index in [1.165, 1.54) is 16.6 Å². The number of rotatable bonds is 4. The SMILES string of the molecule is Cc1cc([N+](=O)[O-])cnc1N1CCN(S(=O)(=O)c2c(C)c(C)cc(C)c2C)CC1. The smallest absolute Gasteiger partial charge is 0.287 e. The van der Waals surface area contributed by atoms with Crippen LogP contribution in [-0.4, -0.2) is 48.8 Å². The van der Waals surface area contributed by atoms with Gasteiger partial charge in [0.15, 0.2) is 0 Å². The zero-order valence-electron chi connectivity index (χ0n) is 17.4. The standard InChI is InChI=1S/C20H26N4O4S/c1-13-10-14(2)17(5)19(16(13)4)29(27,28)23-8-6-22(7-9-23)20-15(3)11-18(12-21-20)24(25)26/h10-12H,6-9H2,1-5H3. The predicted octanol–water partition coefficient (Wildman–Crippen LogP) is 3.04. The van der Waals surface area contributed by atoms with E-state index >= 15 is 0 Å². The molecule has 0 spiro atoms.